The first-order valence-electron chi connectivity index (χ1n) is 5.89. The third-order valence-electron chi connectivity index (χ3n) is 4.11. The van der Waals surface area contributed by atoms with Crippen molar-refractivity contribution in [2.45, 2.75) is 6.42 Å². The van der Waals surface area contributed by atoms with Gasteiger partial charge in [0.05, 0.1) is 17.8 Å². The van der Waals surface area contributed by atoms with Crippen LogP contribution >= 0.6 is 0 Å². The van der Waals surface area contributed by atoms with Crippen molar-refractivity contribution < 1.29 is 39.6 Å². The van der Waals surface area contributed by atoms with Crippen molar-refractivity contribution in [3.63, 3.8) is 0 Å². The predicted molar refractivity (Wildman–Crippen MR) is 60.7 cm³/mol. The number of carbonyl (C=O) groups is 4. The van der Waals surface area contributed by atoms with Gasteiger partial charge in [0.2, 0.25) is 0 Å². The largest absolute Gasteiger partial charge is 0.481 e. The summed E-state index contributed by atoms with van der Waals surface area (Å²) in [6, 6.07) is 0. The SMILES string of the molecule is O=C(O)C1=CC2C(C(=O)O)CC1C(C(=O)O)C2C(=O)O. The van der Waals surface area contributed by atoms with E-state index in [-0.39, 0.29) is 12.0 Å². The van der Waals surface area contributed by atoms with Crippen molar-refractivity contribution in [3.05, 3.63) is 11.6 Å². The van der Waals surface area contributed by atoms with Gasteiger partial charge in [-0.1, -0.05) is 6.08 Å². The molecule has 3 aliphatic carbocycles. The van der Waals surface area contributed by atoms with Crippen LogP contribution in [-0.2, 0) is 19.2 Å². The number of carboxylic acid groups (broad SMARTS) is 4. The number of fused-ring (bicyclic) bond motifs is 2. The second-order valence-electron chi connectivity index (χ2n) is 5.02. The summed E-state index contributed by atoms with van der Waals surface area (Å²) < 4.78 is 0. The van der Waals surface area contributed by atoms with Crippen molar-refractivity contribution >= 4 is 23.9 Å². The molecule has 5 unspecified atom stereocenters. The van der Waals surface area contributed by atoms with E-state index < -0.39 is 53.5 Å². The molecule has 8 nitrogen and oxygen atoms in total. The van der Waals surface area contributed by atoms with Gasteiger partial charge >= 0.3 is 23.9 Å². The molecule has 3 aliphatic rings. The molecule has 0 saturated heterocycles. The van der Waals surface area contributed by atoms with Crippen molar-refractivity contribution in [2.75, 3.05) is 0 Å². The van der Waals surface area contributed by atoms with Crippen LogP contribution in [0.5, 0.6) is 0 Å². The van der Waals surface area contributed by atoms with E-state index in [9.17, 15) is 29.4 Å². The molecule has 0 radical (unpaired) electrons. The fourth-order valence-corrected chi connectivity index (χ4v) is 3.33. The van der Waals surface area contributed by atoms with Crippen LogP contribution in [0.4, 0.5) is 0 Å². The van der Waals surface area contributed by atoms with Gasteiger partial charge in [-0.15, -0.1) is 0 Å². The normalized spacial score (nSPS) is 35.2. The van der Waals surface area contributed by atoms with Crippen molar-refractivity contribution in [2.24, 2.45) is 29.6 Å². The Morgan fingerprint density at radius 2 is 1.45 bits per heavy atom. The quantitative estimate of drug-likeness (QED) is 0.552. The summed E-state index contributed by atoms with van der Waals surface area (Å²) in [5.41, 5.74) is -0.197. The maximum atomic E-state index is 11.3. The van der Waals surface area contributed by atoms with E-state index in [2.05, 4.69) is 0 Å². The maximum absolute atomic E-state index is 11.3. The van der Waals surface area contributed by atoms with E-state index in [4.69, 9.17) is 10.2 Å². The molecule has 8 heteroatoms. The zero-order valence-electron chi connectivity index (χ0n) is 10.1. The summed E-state index contributed by atoms with van der Waals surface area (Å²) in [6.45, 7) is 0. The summed E-state index contributed by atoms with van der Waals surface area (Å²) in [7, 11) is 0. The second kappa shape index (κ2) is 4.62. The molecule has 20 heavy (non-hydrogen) atoms. The molecule has 2 bridgehead atoms. The summed E-state index contributed by atoms with van der Waals surface area (Å²) >= 11 is 0. The smallest absolute Gasteiger partial charge is 0.331 e. The van der Waals surface area contributed by atoms with Crippen LogP contribution in [0.1, 0.15) is 6.42 Å². The highest BCUT2D eigenvalue weighted by atomic mass is 16.4. The van der Waals surface area contributed by atoms with Crippen LogP contribution < -0.4 is 0 Å². The van der Waals surface area contributed by atoms with Crippen LogP contribution in [0.25, 0.3) is 0 Å². The lowest BCUT2D eigenvalue weighted by atomic mass is 9.55. The van der Waals surface area contributed by atoms with E-state index in [0.717, 1.165) is 6.08 Å². The molecule has 1 saturated carbocycles. The van der Waals surface area contributed by atoms with Crippen LogP contribution in [0, 0.1) is 29.6 Å². The van der Waals surface area contributed by atoms with Gasteiger partial charge in [0.1, 0.15) is 0 Å². The fourth-order valence-electron chi connectivity index (χ4n) is 3.33. The molecule has 0 aromatic heterocycles. The Morgan fingerprint density at radius 3 is 1.85 bits per heavy atom. The fraction of sp³-hybridized carbons (Fsp3) is 0.500. The predicted octanol–water partition coefficient (Wildman–Crippen LogP) is -0.250. The third kappa shape index (κ3) is 1.93. The average molecular weight is 284 g/mol. The summed E-state index contributed by atoms with van der Waals surface area (Å²) in [5.74, 6) is -11.5. The Labute approximate surface area is 112 Å². The lowest BCUT2D eigenvalue weighted by Gasteiger charge is -2.45. The highest BCUT2D eigenvalue weighted by Gasteiger charge is 2.57. The zero-order chi connectivity index (χ0) is 15.2. The van der Waals surface area contributed by atoms with Gasteiger partial charge in [-0.3, -0.25) is 14.4 Å². The molecular formula is C12H12O8. The number of hydrogen-bond donors (Lipinski definition) is 4. The molecule has 0 aromatic rings. The summed E-state index contributed by atoms with van der Waals surface area (Å²) in [4.78, 5) is 44.8. The third-order valence-corrected chi connectivity index (χ3v) is 4.11. The molecule has 108 valence electrons. The van der Waals surface area contributed by atoms with Crippen LogP contribution in [-0.4, -0.2) is 44.3 Å². The first-order chi connectivity index (χ1) is 9.25. The van der Waals surface area contributed by atoms with Gasteiger partial charge < -0.3 is 20.4 Å². The van der Waals surface area contributed by atoms with E-state index in [0.29, 0.717) is 0 Å². The van der Waals surface area contributed by atoms with Gasteiger partial charge in [-0.2, -0.15) is 0 Å². The Kier molecular flexibility index (Phi) is 3.24. The van der Waals surface area contributed by atoms with Crippen molar-refractivity contribution in [1.82, 2.24) is 0 Å². The number of rotatable bonds is 4. The standard InChI is InChI=1S/C12H12O8/c13-9(14)5-1-3-6(10(15)16)2-4(5)8(12(19)20)7(3)11(17)18/h1,3-4,6-8H,2H2,(H,13,14)(H,15,16)(H,17,18)(H,19,20). The van der Waals surface area contributed by atoms with Crippen LogP contribution in [0.3, 0.4) is 0 Å². The summed E-state index contributed by atoms with van der Waals surface area (Å²) in [5, 5.41) is 36.5. The van der Waals surface area contributed by atoms with Gasteiger partial charge in [0.25, 0.3) is 0 Å². The minimum atomic E-state index is -1.42. The number of allylic oxidation sites excluding steroid dienone is 1. The summed E-state index contributed by atoms with van der Waals surface area (Å²) in [6.07, 6.45) is 0.937. The maximum Gasteiger partial charge on any atom is 0.331 e. The van der Waals surface area contributed by atoms with Gasteiger partial charge in [-0.25, -0.2) is 4.79 Å². The minimum Gasteiger partial charge on any atom is -0.481 e. The average Bonchev–Trinajstić information content (AvgIpc) is 2.36. The lowest BCUT2D eigenvalue weighted by Crippen LogP contribution is -2.53. The van der Waals surface area contributed by atoms with Crippen LogP contribution in [0.15, 0.2) is 11.6 Å². The highest BCUT2D eigenvalue weighted by molar-refractivity contribution is 5.92. The molecule has 0 heterocycles. The molecule has 5 atom stereocenters. The van der Waals surface area contributed by atoms with Gasteiger partial charge in [0.15, 0.2) is 0 Å². The number of aliphatic carboxylic acids is 4. The molecule has 0 amide bonds. The second-order valence-corrected chi connectivity index (χ2v) is 5.02. The Balaban J connectivity index is 2.55. The topological polar surface area (TPSA) is 149 Å². The van der Waals surface area contributed by atoms with Gasteiger partial charge in [0, 0.05) is 17.4 Å². The number of hydrogen-bond acceptors (Lipinski definition) is 4. The van der Waals surface area contributed by atoms with E-state index >= 15 is 0 Å². The molecule has 0 aromatic carbocycles. The Hall–Kier alpha value is -2.38. The molecule has 0 spiro atoms. The molecule has 4 N–H and O–H groups in total. The Bertz CT molecular complexity index is 534. The zero-order valence-corrected chi connectivity index (χ0v) is 10.1. The van der Waals surface area contributed by atoms with E-state index in [1.807, 2.05) is 0 Å². The van der Waals surface area contributed by atoms with E-state index in [1.165, 1.54) is 0 Å². The highest BCUT2D eigenvalue weighted by Crippen LogP contribution is 2.51. The Morgan fingerprint density at radius 1 is 0.900 bits per heavy atom. The first-order valence-corrected chi connectivity index (χ1v) is 5.89. The molecule has 0 aliphatic heterocycles. The monoisotopic (exact) mass is 284 g/mol. The minimum absolute atomic E-state index is 0.168. The first kappa shape index (κ1) is 14.0. The lowest BCUT2D eigenvalue weighted by molar-refractivity contribution is -0.168. The van der Waals surface area contributed by atoms with Crippen molar-refractivity contribution in [3.8, 4) is 0 Å². The van der Waals surface area contributed by atoms with Gasteiger partial charge in [-0.05, 0) is 6.42 Å². The van der Waals surface area contributed by atoms with Crippen molar-refractivity contribution in [1.29, 1.82) is 0 Å². The van der Waals surface area contributed by atoms with E-state index in [1.54, 1.807) is 0 Å². The number of carboxylic acids is 4. The molecule has 3 rings (SSSR count). The molecular weight excluding hydrogens is 272 g/mol. The molecule has 1 fully saturated rings. The van der Waals surface area contributed by atoms with Crippen LogP contribution in [0.2, 0.25) is 0 Å².